The molecule has 0 bridgehead atoms. The Labute approximate surface area is 162 Å². The molecule has 0 aliphatic carbocycles. The summed E-state index contributed by atoms with van der Waals surface area (Å²) in [5.41, 5.74) is -0.773. The molecular weight excluding hydrogens is 375 g/mol. The van der Waals surface area contributed by atoms with Crippen LogP contribution in [-0.2, 0) is 15.7 Å². The number of hydrogen-bond donors (Lipinski definition) is 0. The van der Waals surface area contributed by atoms with Gasteiger partial charge in [0.2, 0.25) is 0 Å². The predicted molar refractivity (Wildman–Crippen MR) is 97.9 cm³/mol. The Bertz CT molecular complexity index is 807. The van der Waals surface area contributed by atoms with E-state index in [9.17, 15) is 22.8 Å². The van der Waals surface area contributed by atoms with Gasteiger partial charge in [-0.25, -0.2) is 9.59 Å². The molecule has 5 nitrogen and oxygen atoms in total. The Morgan fingerprint density at radius 2 is 1.79 bits per heavy atom. The molecule has 0 fully saturated rings. The van der Waals surface area contributed by atoms with Crippen LogP contribution in [0, 0.1) is 6.92 Å². The summed E-state index contributed by atoms with van der Waals surface area (Å²) in [6.07, 6.45) is -3.29. The lowest BCUT2D eigenvalue weighted by Gasteiger charge is -2.30. The lowest BCUT2D eigenvalue weighted by atomic mass is 9.90. The fourth-order valence-electron chi connectivity index (χ4n) is 2.94. The monoisotopic (exact) mass is 399 g/mol. The van der Waals surface area contributed by atoms with Crippen molar-refractivity contribution in [1.29, 1.82) is 0 Å². The molecule has 2 rings (SSSR count). The van der Waals surface area contributed by atoms with Gasteiger partial charge in [-0.2, -0.15) is 13.2 Å². The lowest BCUT2D eigenvalue weighted by Crippen LogP contribution is -2.39. The van der Waals surface area contributed by atoms with Crippen LogP contribution in [0.3, 0.4) is 0 Å². The smallest absolute Gasteiger partial charge is 0.417 e. The Morgan fingerprint density at radius 1 is 1.14 bits per heavy atom. The van der Waals surface area contributed by atoms with Gasteiger partial charge in [-0.1, -0.05) is 12.1 Å². The highest BCUT2D eigenvalue weighted by molar-refractivity contribution is 5.92. The molecule has 8 heteroatoms. The van der Waals surface area contributed by atoms with Gasteiger partial charge in [-0.3, -0.25) is 0 Å². The Hall–Kier alpha value is -2.51. The van der Waals surface area contributed by atoms with Crippen molar-refractivity contribution in [3.05, 3.63) is 40.5 Å². The average molecular weight is 399 g/mol. The molecule has 0 radical (unpaired) electrons. The van der Waals surface area contributed by atoms with E-state index in [1.165, 1.54) is 11.0 Å². The number of halogens is 3. The molecule has 1 heterocycles. The average Bonchev–Trinajstić information content (AvgIpc) is 2.58. The Balaban J connectivity index is 2.36. The van der Waals surface area contributed by atoms with Gasteiger partial charge in [0.05, 0.1) is 18.2 Å². The van der Waals surface area contributed by atoms with E-state index in [-0.39, 0.29) is 30.6 Å². The normalized spacial score (nSPS) is 15.1. The number of ether oxygens (including phenoxy) is 2. The predicted octanol–water partition coefficient (Wildman–Crippen LogP) is 4.82. The van der Waals surface area contributed by atoms with Gasteiger partial charge in [0.15, 0.2) is 0 Å². The highest BCUT2D eigenvalue weighted by Crippen LogP contribution is 2.38. The molecule has 28 heavy (non-hydrogen) atoms. The summed E-state index contributed by atoms with van der Waals surface area (Å²) >= 11 is 0. The van der Waals surface area contributed by atoms with E-state index in [4.69, 9.17) is 4.74 Å². The van der Waals surface area contributed by atoms with Crippen LogP contribution in [0.15, 0.2) is 18.2 Å². The molecule has 1 aliphatic heterocycles. The molecule has 0 saturated heterocycles. The zero-order chi connectivity index (χ0) is 21.3. The topological polar surface area (TPSA) is 55.8 Å². The summed E-state index contributed by atoms with van der Waals surface area (Å²) in [5.74, 6) is -0.816. The standard InChI is InChI=1S/C20H24F3NO4/c1-12-10-15(16(20(21,22)23)11-14(12)17(25)27-5)13-6-8-24(9-7-13)18(26)28-19(2,3)4/h6,10-11H,7-9H2,1-5H3. The van der Waals surface area contributed by atoms with Gasteiger partial charge in [0.1, 0.15) is 5.60 Å². The Morgan fingerprint density at radius 3 is 2.25 bits per heavy atom. The highest BCUT2D eigenvalue weighted by Gasteiger charge is 2.36. The van der Waals surface area contributed by atoms with Crippen LogP contribution in [0.2, 0.25) is 0 Å². The maximum Gasteiger partial charge on any atom is 0.417 e. The second-order valence-corrected chi connectivity index (χ2v) is 7.61. The van der Waals surface area contributed by atoms with E-state index < -0.39 is 29.4 Å². The first-order valence-corrected chi connectivity index (χ1v) is 8.81. The number of carbonyl (C=O) groups excluding carboxylic acids is 2. The van der Waals surface area contributed by atoms with Crippen molar-refractivity contribution in [2.45, 2.75) is 45.9 Å². The first-order chi connectivity index (χ1) is 12.8. The molecule has 0 atom stereocenters. The van der Waals surface area contributed by atoms with Crippen molar-refractivity contribution in [2.75, 3.05) is 20.2 Å². The number of amides is 1. The number of nitrogens with zero attached hydrogens (tertiary/aromatic N) is 1. The number of esters is 1. The number of rotatable bonds is 2. The van der Waals surface area contributed by atoms with E-state index in [0.717, 1.165) is 13.2 Å². The van der Waals surface area contributed by atoms with Crippen molar-refractivity contribution in [1.82, 2.24) is 4.90 Å². The molecule has 1 amide bonds. The van der Waals surface area contributed by atoms with Crippen LogP contribution in [-0.4, -0.2) is 42.8 Å². The summed E-state index contributed by atoms with van der Waals surface area (Å²) in [4.78, 5) is 25.3. The largest absolute Gasteiger partial charge is 0.465 e. The summed E-state index contributed by atoms with van der Waals surface area (Å²) in [6.45, 7) is 7.20. The van der Waals surface area contributed by atoms with E-state index in [1.807, 2.05) is 0 Å². The number of alkyl halides is 3. The van der Waals surface area contributed by atoms with Crippen LogP contribution in [0.25, 0.3) is 5.57 Å². The van der Waals surface area contributed by atoms with Crippen LogP contribution >= 0.6 is 0 Å². The van der Waals surface area contributed by atoms with Gasteiger partial charge < -0.3 is 14.4 Å². The number of hydrogen-bond acceptors (Lipinski definition) is 4. The van der Waals surface area contributed by atoms with E-state index >= 15 is 0 Å². The van der Waals surface area contributed by atoms with Crippen LogP contribution in [0.1, 0.15) is 54.2 Å². The summed E-state index contributed by atoms with van der Waals surface area (Å²) in [7, 11) is 1.12. The fourth-order valence-corrected chi connectivity index (χ4v) is 2.94. The first-order valence-electron chi connectivity index (χ1n) is 8.81. The van der Waals surface area contributed by atoms with Crippen molar-refractivity contribution in [2.24, 2.45) is 0 Å². The molecule has 0 aromatic heterocycles. The Kier molecular flexibility index (Phi) is 6.11. The van der Waals surface area contributed by atoms with Crippen LogP contribution < -0.4 is 0 Å². The number of methoxy groups -OCH3 is 1. The third-order valence-electron chi connectivity index (χ3n) is 4.28. The van der Waals surface area contributed by atoms with Crippen molar-refractivity contribution >= 4 is 17.6 Å². The van der Waals surface area contributed by atoms with E-state index in [1.54, 1.807) is 33.8 Å². The lowest BCUT2D eigenvalue weighted by molar-refractivity contribution is -0.137. The van der Waals surface area contributed by atoms with Gasteiger partial charge in [-0.15, -0.1) is 0 Å². The fraction of sp³-hybridized carbons (Fsp3) is 0.500. The minimum absolute atomic E-state index is 0.0153. The zero-order valence-corrected chi connectivity index (χ0v) is 16.6. The van der Waals surface area contributed by atoms with Gasteiger partial charge in [-0.05, 0) is 56.9 Å². The third kappa shape index (κ3) is 5.05. The number of benzene rings is 1. The summed E-state index contributed by atoms with van der Waals surface area (Å²) in [5, 5.41) is 0. The molecule has 0 N–H and O–H groups in total. The molecule has 0 saturated carbocycles. The van der Waals surface area contributed by atoms with Crippen molar-refractivity contribution in [3.8, 4) is 0 Å². The zero-order valence-electron chi connectivity index (χ0n) is 16.6. The van der Waals surface area contributed by atoms with E-state index in [2.05, 4.69) is 4.74 Å². The molecular formula is C20H24F3NO4. The molecule has 0 spiro atoms. The quantitative estimate of drug-likeness (QED) is 0.669. The minimum atomic E-state index is -4.63. The maximum atomic E-state index is 13.6. The van der Waals surface area contributed by atoms with Gasteiger partial charge >= 0.3 is 18.2 Å². The SMILES string of the molecule is COC(=O)c1cc(C(F)(F)F)c(C2=CCN(C(=O)OC(C)(C)C)CC2)cc1C. The second kappa shape index (κ2) is 7.85. The third-order valence-corrected chi connectivity index (χ3v) is 4.28. The molecule has 0 unspecified atom stereocenters. The van der Waals surface area contributed by atoms with Gasteiger partial charge in [0.25, 0.3) is 0 Å². The second-order valence-electron chi connectivity index (χ2n) is 7.61. The maximum absolute atomic E-state index is 13.6. The van der Waals surface area contributed by atoms with Crippen molar-refractivity contribution < 1.29 is 32.2 Å². The van der Waals surface area contributed by atoms with E-state index in [0.29, 0.717) is 11.1 Å². The van der Waals surface area contributed by atoms with Crippen LogP contribution in [0.4, 0.5) is 18.0 Å². The molecule has 1 aromatic rings. The minimum Gasteiger partial charge on any atom is -0.465 e. The number of aryl methyl sites for hydroxylation is 1. The van der Waals surface area contributed by atoms with Crippen molar-refractivity contribution in [3.63, 3.8) is 0 Å². The summed E-state index contributed by atoms with van der Waals surface area (Å²) < 4.78 is 50.7. The molecule has 154 valence electrons. The molecule has 1 aromatic carbocycles. The van der Waals surface area contributed by atoms with Gasteiger partial charge in [0, 0.05) is 13.1 Å². The number of carbonyl (C=O) groups is 2. The molecule has 1 aliphatic rings. The summed E-state index contributed by atoms with van der Waals surface area (Å²) in [6, 6.07) is 2.18. The van der Waals surface area contributed by atoms with Crippen LogP contribution in [0.5, 0.6) is 0 Å². The highest BCUT2D eigenvalue weighted by atomic mass is 19.4. The first kappa shape index (κ1) is 21.8.